The molecule has 0 aliphatic carbocycles. The number of aliphatic hydroxyl groups excluding tert-OH is 1. The summed E-state index contributed by atoms with van der Waals surface area (Å²) in [6.45, 7) is 0.993. The van der Waals surface area contributed by atoms with E-state index in [-0.39, 0.29) is 6.61 Å². The van der Waals surface area contributed by atoms with Gasteiger partial charge in [0.25, 0.3) is 0 Å². The molecule has 2 N–H and O–H groups in total. The van der Waals surface area contributed by atoms with Crippen molar-refractivity contribution in [2.75, 3.05) is 11.9 Å². The summed E-state index contributed by atoms with van der Waals surface area (Å²) in [6.07, 6.45) is 0.692. The molecular formula is C15H17NO. The van der Waals surface area contributed by atoms with Gasteiger partial charge in [-0.2, -0.15) is 0 Å². The van der Waals surface area contributed by atoms with Gasteiger partial charge in [0.05, 0.1) is 0 Å². The number of nitrogens with one attached hydrogen (secondary N) is 1. The molecule has 0 aliphatic heterocycles. The van der Waals surface area contributed by atoms with E-state index in [2.05, 4.69) is 17.4 Å². The second-order valence-electron chi connectivity index (χ2n) is 3.97. The molecule has 0 aliphatic rings. The minimum Gasteiger partial charge on any atom is -0.396 e. The van der Waals surface area contributed by atoms with E-state index in [0.717, 1.165) is 17.8 Å². The summed E-state index contributed by atoms with van der Waals surface area (Å²) in [6, 6.07) is 18.4. The van der Waals surface area contributed by atoms with Gasteiger partial charge in [-0.05, 0) is 23.6 Å². The van der Waals surface area contributed by atoms with Crippen LogP contribution in [0, 0.1) is 0 Å². The fourth-order valence-corrected chi connectivity index (χ4v) is 1.82. The highest BCUT2D eigenvalue weighted by atomic mass is 16.2. The molecule has 0 atom stereocenters. The van der Waals surface area contributed by atoms with Gasteiger partial charge < -0.3 is 10.4 Å². The Labute approximate surface area is 102 Å². The van der Waals surface area contributed by atoms with Crippen LogP contribution in [0.1, 0.15) is 11.1 Å². The first-order valence-corrected chi connectivity index (χ1v) is 5.86. The van der Waals surface area contributed by atoms with Crippen LogP contribution in [-0.2, 0) is 13.0 Å². The van der Waals surface area contributed by atoms with Crippen molar-refractivity contribution < 1.29 is 5.11 Å². The maximum atomic E-state index is 9.00. The van der Waals surface area contributed by atoms with Crippen LogP contribution in [0.3, 0.4) is 0 Å². The maximum absolute atomic E-state index is 9.00. The molecular weight excluding hydrogens is 210 g/mol. The molecule has 0 amide bonds. The number of rotatable bonds is 5. The van der Waals surface area contributed by atoms with Crippen LogP contribution in [0.2, 0.25) is 0 Å². The standard InChI is InChI=1S/C15H17NO/c17-11-10-14-8-4-5-9-15(14)16-12-13-6-2-1-3-7-13/h1-9,16-17H,10-12H2. The van der Waals surface area contributed by atoms with Crippen LogP contribution in [0.5, 0.6) is 0 Å². The predicted octanol–water partition coefficient (Wildman–Crippen LogP) is 2.83. The third kappa shape index (κ3) is 3.33. The Morgan fingerprint density at radius 2 is 1.59 bits per heavy atom. The van der Waals surface area contributed by atoms with Gasteiger partial charge in [-0.25, -0.2) is 0 Å². The average molecular weight is 227 g/mol. The van der Waals surface area contributed by atoms with Crippen LogP contribution in [0.15, 0.2) is 54.6 Å². The molecule has 0 spiro atoms. The van der Waals surface area contributed by atoms with E-state index in [0.29, 0.717) is 6.42 Å². The van der Waals surface area contributed by atoms with Crippen LogP contribution in [-0.4, -0.2) is 11.7 Å². The Morgan fingerprint density at radius 3 is 2.35 bits per heavy atom. The Bertz CT molecular complexity index is 453. The lowest BCUT2D eigenvalue weighted by Crippen LogP contribution is -2.03. The number of para-hydroxylation sites is 1. The first-order valence-electron chi connectivity index (χ1n) is 5.86. The molecule has 0 radical (unpaired) electrons. The van der Waals surface area contributed by atoms with E-state index in [1.807, 2.05) is 42.5 Å². The molecule has 2 nitrogen and oxygen atoms in total. The Balaban J connectivity index is 2.03. The van der Waals surface area contributed by atoms with Gasteiger partial charge in [0, 0.05) is 18.8 Å². The first-order chi connectivity index (χ1) is 8.40. The predicted molar refractivity (Wildman–Crippen MR) is 71.0 cm³/mol. The van der Waals surface area contributed by atoms with Gasteiger partial charge in [0.2, 0.25) is 0 Å². The van der Waals surface area contributed by atoms with Gasteiger partial charge in [-0.3, -0.25) is 0 Å². The number of benzene rings is 2. The number of anilines is 1. The molecule has 2 aromatic carbocycles. The highest BCUT2D eigenvalue weighted by Gasteiger charge is 2.00. The molecule has 0 saturated carbocycles. The van der Waals surface area contributed by atoms with Crippen LogP contribution in [0.25, 0.3) is 0 Å². The van der Waals surface area contributed by atoms with Gasteiger partial charge in [0.15, 0.2) is 0 Å². The topological polar surface area (TPSA) is 32.3 Å². The van der Waals surface area contributed by atoms with Crippen LogP contribution >= 0.6 is 0 Å². The molecule has 88 valence electrons. The maximum Gasteiger partial charge on any atom is 0.0472 e. The van der Waals surface area contributed by atoms with Crippen molar-refractivity contribution in [3.8, 4) is 0 Å². The molecule has 0 aromatic heterocycles. The molecule has 0 heterocycles. The van der Waals surface area contributed by atoms with Crippen LogP contribution in [0.4, 0.5) is 5.69 Å². The fourth-order valence-electron chi connectivity index (χ4n) is 1.82. The lowest BCUT2D eigenvalue weighted by molar-refractivity contribution is 0.300. The fraction of sp³-hybridized carbons (Fsp3) is 0.200. The zero-order valence-electron chi connectivity index (χ0n) is 9.76. The first kappa shape index (κ1) is 11.7. The van der Waals surface area contributed by atoms with E-state index in [9.17, 15) is 0 Å². The zero-order valence-corrected chi connectivity index (χ0v) is 9.76. The normalized spacial score (nSPS) is 10.2. The average Bonchev–Trinajstić information content (AvgIpc) is 2.39. The van der Waals surface area contributed by atoms with Crippen molar-refractivity contribution in [1.82, 2.24) is 0 Å². The SMILES string of the molecule is OCCc1ccccc1NCc1ccccc1. The summed E-state index contributed by atoms with van der Waals surface area (Å²) in [4.78, 5) is 0. The van der Waals surface area contributed by atoms with Crippen molar-refractivity contribution in [3.05, 3.63) is 65.7 Å². The van der Waals surface area contributed by atoms with Crippen molar-refractivity contribution in [2.24, 2.45) is 0 Å². The van der Waals surface area contributed by atoms with Crippen molar-refractivity contribution in [3.63, 3.8) is 0 Å². The molecule has 0 unspecified atom stereocenters. The minimum absolute atomic E-state index is 0.185. The summed E-state index contributed by atoms with van der Waals surface area (Å²) >= 11 is 0. The molecule has 0 bridgehead atoms. The smallest absolute Gasteiger partial charge is 0.0472 e. The van der Waals surface area contributed by atoms with Crippen molar-refractivity contribution in [2.45, 2.75) is 13.0 Å². The van der Waals surface area contributed by atoms with Crippen LogP contribution < -0.4 is 5.32 Å². The van der Waals surface area contributed by atoms with Gasteiger partial charge in [-0.15, -0.1) is 0 Å². The van der Waals surface area contributed by atoms with Gasteiger partial charge >= 0.3 is 0 Å². The molecule has 0 fully saturated rings. The molecule has 17 heavy (non-hydrogen) atoms. The largest absolute Gasteiger partial charge is 0.396 e. The highest BCUT2D eigenvalue weighted by molar-refractivity contribution is 5.51. The van der Waals surface area contributed by atoms with E-state index in [1.54, 1.807) is 0 Å². The van der Waals surface area contributed by atoms with Crippen molar-refractivity contribution in [1.29, 1.82) is 0 Å². The number of aliphatic hydroxyl groups is 1. The molecule has 2 rings (SSSR count). The molecule has 2 heteroatoms. The third-order valence-corrected chi connectivity index (χ3v) is 2.72. The van der Waals surface area contributed by atoms with E-state index < -0.39 is 0 Å². The molecule has 2 aromatic rings. The van der Waals surface area contributed by atoms with E-state index in [4.69, 9.17) is 5.11 Å². The highest BCUT2D eigenvalue weighted by Crippen LogP contribution is 2.16. The van der Waals surface area contributed by atoms with E-state index >= 15 is 0 Å². The second-order valence-corrected chi connectivity index (χ2v) is 3.97. The van der Waals surface area contributed by atoms with E-state index in [1.165, 1.54) is 5.56 Å². The lowest BCUT2D eigenvalue weighted by Gasteiger charge is -2.11. The third-order valence-electron chi connectivity index (χ3n) is 2.72. The summed E-state index contributed by atoms with van der Waals surface area (Å²) in [5.74, 6) is 0. The van der Waals surface area contributed by atoms with Gasteiger partial charge in [-0.1, -0.05) is 48.5 Å². The monoisotopic (exact) mass is 227 g/mol. The minimum atomic E-state index is 0.185. The van der Waals surface area contributed by atoms with Crippen molar-refractivity contribution >= 4 is 5.69 Å². The summed E-state index contributed by atoms with van der Waals surface area (Å²) < 4.78 is 0. The molecule has 0 saturated heterocycles. The Morgan fingerprint density at radius 1 is 0.882 bits per heavy atom. The Hall–Kier alpha value is -1.80. The Kier molecular flexibility index (Phi) is 4.17. The zero-order chi connectivity index (χ0) is 11.9. The summed E-state index contributed by atoms with van der Waals surface area (Å²) in [7, 11) is 0. The summed E-state index contributed by atoms with van der Waals surface area (Å²) in [5.41, 5.74) is 3.52. The lowest BCUT2D eigenvalue weighted by atomic mass is 10.1. The number of hydrogen-bond donors (Lipinski definition) is 2. The second kappa shape index (κ2) is 6.06. The number of hydrogen-bond acceptors (Lipinski definition) is 2. The summed E-state index contributed by atoms with van der Waals surface area (Å²) in [5, 5.41) is 12.4. The quantitative estimate of drug-likeness (QED) is 0.823. The van der Waals surface area contributed by atoms with Gasteiger partial charge in [0.1, 0.15) is 0 Å².